The summed E-state index contributed by atoms with van der Waals surface area (Å²) in [6.07, 6.45) is 9.81. The second-order valence-corrected chi connectivity index (χ2v) is 5.62. The highest BCUT2D eigenvalue weighted by molar-refractivity contribution is 5.03. The summed E-state index contributed by atoms with van der Waals surface area (Å²) in [6.45, 7) is 5.94. The zero-order valence-electron chi connectivity index (χ0n) is 12.0. The van der Waals surface area contributed by atoms with E-state index >= 15 is 0 Å². The summed E-state index contributed by atoms with van der Waals surface area (Å²) in [5.41, 5.74) is -0.377. The molecule has 0 aromatic carbocycles. The summed E-state index contributed by atoms with van der Waals surface area (Å²) in [5, 5.41) is 12.7. The number of ether oxygens (including phenoxy) is 1. The highest BCUT2D eigenvalue weighted by Gasteiger charge is 2.25. The molecular formula is C15H28N2O. The Morgan fingerprint density at radius 3 is 2.72 bits per heavy atom. The van der Waals surface area contributed by atoms with Crippen molar-refractivity contribution in [3.8, 4) is 6.07 Å². The van der Waals surface area contributed by atoms with Gasteiger partial charge >= 0.3 is 0 Å². The van der Waals surface area contributed by atoms with Gasteiger partial charge in [0, 0.05) is 13.2 Å². The van der Waals surface area contributed by atoms with E-state index in [9.17, 15) is 5.26 Å². The summed E-state index contributed by atoms with van der Waals surface area (Å²) in [5.74, 6) is 0. The molecule has 0 aromatic rings. The predicted octanol–water partition coefficient (Wildman–Crippen LogP) is 3.40. The topological polar surface area (TPSA) is 45.0 Å². The maximum absolute atomic E-state index is 9.31. The molecule has 1 aliphatic heterocycles. The molecule has 0 radical (unpaired) electrons. The average molecular weight is 252 g/mol. The van der Waals surface area contributed by atoms with Gasteiger partial charge in [-0.05, 0) is 26.2 Å². The van der Waals surface area contributed by atoms with Crippen LogP contribution in [0.15, 0.2) is 0 Å². The van der Waals surface area contributed by atoms with Gasteiger partial charge in [0.15, 0.2) is 0 Å². The Kier molecular flexibility index (Phi) is 7.31. The number of nitrogens with zero attached hydrogens (tertiary/aromatic N) is 1. The molecule has 0 aliphatic carbocycles. The molecule has 104 valence electrons. The maximum atomic E-state index is 9.31. The predicted molar refractivity (Wildman–Crippen MR) is 74.4 cm³/mol. The van der Waals surface area contributed by atoms with Crippen LogP contribution in [0.3, 0.4) is 0 Å². The molecule has 1 rings (SSSR count). The Bertz CT molecular complexity index is 256. The lowest BCUT2D eigenvalue weighted by Crippen LogP contribution is -2.44. The van der Waals surface area contributed by atoms with Gasteiger partial charge in [-0.3, -0.25) is 5.32 Å². The van der Waals surface area contributed by atoms with Crippen molar-refractivity contribution in [3.05, 3.63) is 0 Å². The number of unbranched alkanes of at least 4 members (excludes halogenated alkanes) is 4. The van der Waals surface area contributed by atoms with Gasteiger partial charge in [-0.1, -0.05) is 39.0 Å². The molecule has 1 heterocycles. The third-order valence-corrected chi connectivity index (χ3v) is 3.77. The third kappa shape index (κ3) is 5.84. The molecule has 0 aromatic heterocycles. The maximum Gasteiger partial charge on any atom is 0.104 e. The van der Waals surface area contributed by atoms with E-state index in [2.05, 4.69) is 18.3 Å². The van der Waals surface area contributed by atoms with Crippen molar-refractivity contribution in [1.29, 1.82) is 5.26 Å². The fraction of sp³-hybridized carbons (Fsp3) is 0.933. The zero-order valence-corrected chi connectivity index (χ0v) is 12.0. The van der Waals surface area contributed by atoms with Gasteiger partial charge in [-0.2, -0.15) is 5.26 Å². The first-order chi connectivity index (χ1) is 8.70. The van der Waals surface area contributed by atoms with E-state index in [0.29, 0.717) is 6.10 Å². The smallest absolute Gasteiger partial charge is 0.104 e. The van der Waals surface area contributed by atoms with Crippen LogP contribution in [0.25, 0.3) is 0 Å². The lowest BCUT2D eigenvalue weighted by Gasteiger charge is -2.25. The van der Waals surface area contributed by atoms with E-state index in [1.54, 1.807) is 0 Å². The fourth-order valence-corrected chi connectivity index (χ4v) is 2.41. The molecule has 18 heavy (non-hydrogen) atoms. The number of hydrogen-bond acceptors (Lipinski definition) is 3. The Hall–Kier alpha value is -0.590. The third-order valence-electron chi connectivity index (χ3n) is 3.77. The lowest BCUT2D eigenvalue weighted by atomic mass is 9.95. The van der Waals surface area contributed by atoms with Gasteiger partial charge in [0.1, 0.15) is 5.54 Å². The summed E-state index contributed by atoms with van der Waals surface area (Å²) >= 11 is 0. The van der Waals surface area contributed by atoms with Gasteiger partial charge in [0.25, 0.3) is 0 Å². The van der Waals surface area contributed by atoms with Crippen molar-refractivity contribution >= 4 is 0 Å². The molecule has 0 bridgehead atoms. The second-order valence-electron chi connectivity index (χ2n) is 5.62. The minimum atomic E-state index is -0.377. The van der Waals surface area contributed by atoms with Crippen LogP contribution in [0.2, 0.25) is 0 Å². The standard InChI is InChI=1S/C15H28N2O/c1-3-4-5-6-7-10-15(2,13-16)17-12-14-9-8-11-18-14/h14,17H,3-12H2,1-2H3. The monoisotopic (exact) mass is 252 g/mol. The number of nitrogens with one attached hydrogen (secondary N) is 1. The van der Waals surface area contributed by atoms with E-state index in [4.69, 9.17) is 4.74 Å². The summed E-state index contributed by atoms with van der Waals surface area (Å²) in [6, 6.07) is 2.43. The lowest BCUT2D eigenvalue weighted by molar-refractivity contribution is 0.104. The van der Waals surface area contributed by atoms with Crippen LogP contribution in [0.1, 0.15) is 65.2 Å². The van der Waals surface area contributed by atoms with Crippen molar-refractivity contribution < 1.29 is 4.74 Å². The first-order valence-electron chi connectivity index (χ1n) is 7.48. The Morgan fingerprint density at radius 1 is 1.33 bits per heavy atom. The molecule has 0 spiro atoms. The molecule has 0 saturated carbocycles. The molecule has 1 saturated heterocycles. The minimum absolute atomic E-state index is 0.317. The average Bonchev–Trinajstić information content (AvgIpc) is 2.89. The first kappa shape index (κ1) is 15.5. The van der Waals surface area contributed by atoms with Gasteiger partial charge in [-0.25, -0.2) is 0 Å². The Labute approximate surface area is 112 Å². The molecule has 2 atom stereocenters. The van der Waals surface area contributed by atoms with Crippen LogP contribution >= 0.6 is 0 Å². The Balaban J connectivity index is 2.17. The number of rotatable bonds is 9. The molecule has 1 N–H and O–H groups in total. The highest BCUT2D eigenvalue weighted by atomic mass is 16.5. The molecule has 1 aliphatic rings. The van der Waals surface area contributed by atoms with E-state index in [1.165, 1.54) is 25.7 Å². The van der Waals surface area contributed by atoms with Crippen molar-refractivity contribution in [2.24, 2.45) is 0 Å². The van der Waals surface area contributed by atoms with Gasteiger partial charge in [-0.15, -0.1) is 0 Å². The normalized spacial score (nSPS) is 22.6. The zero-order chi connectivity index (χ0) is 13.3. The summed E-state index contributed by atoms with van der Waals surface area (Å²) < 4.78 is 5.58. The number of hydrogen-bond donors (Lipinski definition) is 1. The molecule has 2 unspecified atom stereocenters. The molecule has 3 nitrogen and oxygen atoms in total. The quantitative estimate of drug-likeness (QED) is 0.640. The van der Waals surface area contributed by atoms with E-state index in [0.717, 1.165) is 38.8 Å². The van der Waals surface area contributed by atoms with Gasteiger partial charge < -0.3 is 4.74 Å². The SMILES string of the molecule is CCCCCCCC(C)(C#N)NCC1CCCO1. The van der Waals surface area contributed by atoms with Gasteiger partial charge in [0.2, 0.25) is 0 Å². The van der Waals surface area contributed by atoms with Gasteiger partial charge in [0.05, 0.1) is 12.2 Å². The Morgan fingerprint density at radius 2 is 2.11 bits per heavy atom. The number of nitriles is 1. The van der Waals surface area contributed by atoms with Crippen LogP contribution in [0.5, 0.6) is 0 Å². The second kappa shape index (κ2) is 8.50. The molecular weight excluding hydrogens is 224 g/mol. The largest absolute Gasteiger partial charge is 0.377 e. The van der Waals surface area contributed by atoms with Crippen molar-refractivity contribution in [2.45, 2.75) is 76.9 Å². The minimum Gasteiger partial charge on any atom is -0.377 e. The summed E-state index contributed by atoms with van der Waals surface area (Å²) in [4.78, 5) is 0. The summed E-state index contributed by atoms with van der Waals surface area (Å²) in [7, 11) is 0. The highest BCUT2D eigenvalue weighted by Crippen LogP contribution is 2.17. The van der Waals surface area contributed by atoms with Crippen LogP contribution in [-0.2, 0) is 4.74 Å². The van der Waals surface area contributed by atoms with Crippen molar-refractivity contribution in [3.63, 3.8) is 0 Å². The first-order valence-corrected chi connectivity index (χ1v) is 7.48. The van der Waals surface area contributed by atoms with Crippen LogP contribution in [-0.4, -0.2) is 24.8 Å². The van der Waals surface area contributed by atoms with Crippen molar-refractivity contribution in [2.75, 3.05) is 13.2 Å². The van der Waals surface area contributed by atoms with E-state index in [-0.39, 0.29) is 5.54 Å². The van der Waals surface area contributed by atoms with E-state index in [1.807, 2.05) is 6.92 Å². The molecule has 0 amide bonds. The fourth-order valence-electron chi connectivity index (χ4n) is 2.41. The van der Waals surface area contributed by atoms with Crippen LogP contribution in [0, 0.1) is 11.3 Å². The van der Waals surface area contributed by atoms with Crippen LogP contribution in [0.4, 0.5) is 0 Å². The van der Waals surface area contributed by atoms with Crippen LogP contribution < -0.4 is 5.32 Å². The molecule has 3 heteroatoms. The van der Waals surface area contributed by atoms with E-state index < -0.39 is 0 Å². The molecule has 1 fully saturated rings. The van der Waals surface area contributed by atoms with Crippen molar-refractivity contribution in [1.82, 2.24) is 5.32 Å².